The zero-order chi connectivity index (χ0) is 7.11. The maximum Gasteiger partial charge on any atom is 0.105 e. The molecule has 0 saturated heterocycles. The van der Waals surface area contributed by atoms with Crippen LogP contribution in [-0.2, 0) is 0 Å². The first-order valence-electron chi connectivity index (χ1n) is 3.02. The normalized spacial score (nSPS) is 11.4. The Hall–Kier alpha value is -0.860. The van der Waals surface area contributed by atoms with E-state index in [-0.39, 0.29) is 0 Å². The molecule has 0 aliphatic rings. The quantitative estimate of drug-likeness (QED) is 0.315. The molecule has 0 rings (SSSR count). The summed E-state index contributed by atoms with van der Waals surface area (Å²) in [7, 11) is 1.73. The van der Waals surface area contributed by atoms with E-state index in [1.54, 1.807) is 24.6 Å². The number of hydrazone groups is 1. The molecule has 0 amide bonds. The van der Waals surface area contributed by atoms with E-state index in [9.17, 15) is 0 Å². The third-order valence-electron chi connectivity index (χ3n) is 0.837. The minimum absolute atomic E-state index is 0.863. The van der Waals surface area contributed by atoms with Gasteiger partial charge in [0.25, 0.3) is 0 Å². The third-order valence-corrected chi connectivity index (χ3v) is 0.837. The van der Waals surface area contributed by atoms with Crippen molar-refractivity contribution in [1.29, 1.82) is 0 Å². The van der Waals surface area contributed by atoms with Crippen molar-refractivity contribution in [2.24, 2.45) is 10.1 Å². The fourth-order valence-corrected chi connectivity index (χ4v) is 0.475. The van der Waals surface area contributed by atoms with Crippen molar-refractivity contribution in [1.82, 2.24) is 5.01 Å². The summed E-state index contributed by atoms with van der Waals surface area (Å²) in [6, 6.07) is 0. The standard InChI is InChI=1S/C6H13N3/c1-4-8-9(5-2)6-7-3/h4,6H,5H2,1-3H3/b7-6?,8-4+. The largest absolute Gasteiger partial charge is 0.277 e. The number of aliphatic imine (C=N–C) groups is 1. The van der Waals surface area contributed by atoms with Gasteiger partial charge in [0.2, 0.25) is 0 Å². The predicted octanol–water partition coefficient (Wildman–Crippen LogP) is 0.972. The zero-order valence-electron chi connectivity index (χ0n) is 6.20. The maximum absolute atomic E-state index is 3.99. The fraction of sp³-hybridized carbons (Fsp3) is 0.667. The molecule has 0 aromatic carbocycles. The molecule has 52 valence electrons. The van der Waals surface area contributed by atoms with Crippen LogP contribution in [0.3, 0.4) is 0 Å². The smallest absolute Gasteiger partial charge is 0.105 e. The van der Waals surface area contributed by atoms with Gasteiger partial charge < -0.3 is 0 Å². The second-order valence-corrected chi connectivity index (χ2v) is 1.50. The molecule has 0 aromatic heterocycles. The van der Waals surface area contributed by atoms with E-state index in [0.29, 0.717) is 0 Å². The number of nitrogens with zero attached hydrogens (tertiary/aromatic N) is 3. The van der Waals surface area contributed by atoms with Crippen molar-refractivity contribution in [2.75, 3.05) is 13.6 Å². The molecule has 0 bridgehead atoms. The van der Waals surface area contributed by atoms with E-state index in [1.165, 1.54) is 0 Å². The van der Waals surface area contributed by atoms with Gasteiger partial charge in [0, 0.05) is 19.8 Å². The summed E-state index contributed by atoms with van der Waals surface area (Å²) in [5, 5.41) is 5.76. The summed E-state index contributed by atoms with van der Waals surface area (Å²) in [6.07, 6.45) is 3.44. The molecular weight excluding hydrogens is 114 g/mol. The van der Waals surface area contributed by atoms with Crippen LogP contribution in [-0.4, -0.2) is 31.2 Å². The highest BCUT2D eigenvalue weighted by atomic mass is 15.4. The van der Waals surface area contributed by atoms with Gasteiger partial charge in [-0.3, -0.25) is 10.0 Å². The highest BCUT2D eigenvalue weighted by Gasteiger charge is 1.85. The molecule has 0 aliphatic carbocycles. The van der Waals surface area contributed by atoms with Gasteiger partial charge in [-0.05, 0) is 13.8 Å². The van der Waals surface area contributed by atoms with E-state index in [1.807, 2.05) is 13.8 Å². The average Bonchev–Trinajstić information content (AvgIpc) is 1.88. The van der Waals surface area contributed by atoms with Gasteiger partial charge in [0.1, 0.15) is 6.34 Å². The van der Waals surface area contributed by atoms with E-state index in [4.69, 9.17) is 0 Å². The predicted molar refractivity (Wildman–Crippen MR) is 41.0 cm³/mol. The van der Waals surface area contributed by atoms with E-state index < -0.39 is 0 Å². The molecule has 3 nitrogen and oxygen atoms in total. The summed E-state index contributed by atoms with van der Waals surface area (Å²) < 4.78 is 0. The van der Waals surface area contributed by atoms with Gasteiger partial charge in [-0.15, -0.1) is 0 Å². The second-order valence-electron chi connectivity index (χ2n) is 1.50. The Labute approximate surface area is 56.1 Å². The van der Waals surface area contributed by atoms with Crippen molar-refractivity contribution in [3.63, 3.8) is 0 Å². The lowest BCUT2D eigenvalue weighted by molar-refractivity contribution is 0.487. The minimum atomic E-state index is 0.863. The molecule has 0 aliphatic heterocycles. The Morgan fingerprint density at radius 1 is 1.56 bits per heavy atom. The van der Waals surface area contributed by atoms with Gasteiger partial charge in [-0.2, -0.15) is 5.10 Å². The van der Waals surface area contributed by atoms with E-state index in [2.05, 4.69) is 10.1 Å². The summed E-state index contributed by atoms with van der Waals surface area (Å²) in [5.74, 6) is 0. The van der Waals surface area contributed by atoms with Crippen molar-refractivity contribution in [3.8, 4) is 0 Å². The molecule has 0 heterocycles. The highest BCUT2D eigenvalue weighted by Crippen LogP contribution is 1.80. The molecular formula is C6H13N3. The Kier molecular flexibility index (Phi) is 4.78. The van der Waals surface area contributed by atoms with Crippen molar-refractivity contribution in [2.45, 2.75) is 13.8 Å². The summed E-state index contributed by atoms with van der Waals surface area (Å²) in [5.41, 5.74) is 0. The van der Waals surface area contributed by atoms with Gasteiger partial charge in [-0.1, -0.05) is 0 Å². The molecule has 0 fully saturated rings. The van der Waals surface area contributed by atoms with Crippen LogP contribution in [0.15, 0.2) is 10.1 Å². The van der Waals surface area contributed by atoms with Crippen LogP contribution >= 0.6 is 0 Å². The maximum atomic E-state index is 3.99. The van der Waals surface area contributed by atoms with Crippen LogP contribution in [0.5, 0.6) is 0 Å². The third kappa shape index (κ3) is 3.70. The van der Waals surface area contributed by atoms with Crippen LogP contribution in [0, 0.1) is 0 Å². The van der Waals surface area contributed by atoms with Crippen molar-refractivity contribution < 1.29 is 0 Å². The lowest BCUT2D eigenvalue weighted by atomic mass is 10.7. The summed E-state index contributed by atoms with van der Waals surface area (Å²) in [4.78, 5) is 3.81. The molecule has 0 N–H and O–H groups in total. The van der Waals surface area contributed by atoms with Crippen LogP contribution in [0.2, 0.25) is 0 Å². The number of hydrogen-bond acceptors (Lipinski definition) is 2. The van der Waals surface area contributed by atoms with Crippen LogP contribution in [0.4, 0.5) is 0 Å². The lowest BCUT2D eigenvalue weighted by Gasteiger charge is -2.07. The van der Waals surface area contributed by atoms with Gasteiger partial charge in [0.15, 0.2) is 0 Å². The molecule has 0 unspecified atom stereocenters. The molecule has 3 heteroatoms. The topological polar surface area (TPSA) is 28.0 Å². The Bertz CT molecular complexity index is 94.9. The van der Waals surface area contributed by atoms with Crippen LogP contribution < -0.4 is 0 Å². The summed E-state index contributed by atoms with van der Waals surface area (Å²) in [6.45, 7) is 4.77. The monoisotopic (exact) mass is 127 g/mol. The SMILES string of the molecule is C/C=N/N(C=NC)CC. The number of rotatable bonds is 3. The first kappa shape index (κ1) is 8.14. The Balaban J connectivity index is 3.68. The molecule has 0 radical (unpaired) electrons. The molecule has 0 aromatic rings. The lowest BCUT2D eigenvalue weighted by Crippen LogP contribution is -2.13. The summed E-state index contributed by atoms with van der Waals surface area (Å²) >= 11 is 0. The fourth-order valence-electron chi connectivity index (χ4n) is 0.475. The molecule has 9 heavy (non-hydrogen) atoms. The Morgan fingerprint density at radius 2 is 2.22 bits per heavy atom. The van der Waals surface area contributed by atoms with E-state index in [0.717, 1.165) is 6.54 Å². The number of hydrogen-bond donors (Lipinski definition) is 0. The molecule has 0 saturated carbocycles. The highest BCUT2D eigenvalue weighted by molar-refractivity contribution is 5.59. The Morgan fingerprint density at radius 3 is 2.56 bits per heavy atom. The first-order chi connectivity index (χ1) is 4.35. The average molecular weight is 127 g/mol. The van der Waals surface area contributed by atoms with Crippen molar-refractivity contribution >= 4 is 12.6 Å². The van der Waals surface area contributed by atoms with Crippen molar-refractivity contribution in [3.05, 3.63) is 0 Å². The molecule has 0 atom stereocenters. The second kappa shape index (κ2) is 5.28. The van der Waals surface area contributed by atoms with Gasteiger partial charge in [0.05, 0.1) is 0 Å². The van der Waals surface area contributed by atoms with Crippen LogP contribution in [0.1, 0.15) is 13.8 Å². The van der Waals surface area contributed by atoms with Crippen LogP contribution in [0.25, 0.3) is 0 Å². The van der Waals surface area contributed by atoms with Gasteiger partial charge >= 0.3 is 0 Å². The minimum Gasteiger partial charge on any atom is -0.277 e. The molecule has 0 spiro atoms. The first-order valence-corrected chi connectivity index (χ1v) is 3.02. The van der Waals surface area contributed by atoms with E-state index >= 15 is 0 Å². The zero-order valence-corrected chi connectivity index (χ0v) is 6.20. The van der Waals surface area contributed by atoms with Gasteiger partial charge in [-0.25, -0.2) is 0 Å².